The first kappa shape index (κ1) is 16.5. The monoisotopic (exact) mass is 327 g/mol. The summed E-state index contributed by atoms with van der Waals surface area (Å²) in [5.74, 6) is -0.331. The number of carbonyl (C=O) groups is 1. The van der Waals surface area contributed by atoms with Crippen LogP contribution < -0.4 is 4.90 Å². The molecule has 2 aromatic carbocycles. The third-order valence-electron chi connectivity index (χ3n) is 3.95. The largest absolute Gasteiger partial charge is 0.465 e. The number of methoxy groups -OCH3 is 1. The van der Waals surface area contributed by atoms with E-state index >= 15 is 0 Å². The van der Waals surface area contributed by atoms with Crippen LogP contribution >= 0.6 is 0 Å². The van der Waals surface area contributed by atoms with E-state index in [1.807, 2.05) is 48.5 Å². The van der Waals surface area contributed by atoms with Crippen molar-refractivity contribution in [2.75, 3.05) is 31.7 Å². The lowest BCUT2D eigenvalue weighted by molar-refractivity contribution is -0.153. The Balaban J connectivity index is 1.62. The number of morpholine rings is 1. The lowest BCUT2D eigenvalue weighted by atomic mass is 10.2. The first-order chi connectivity index (χ1) is 11.8. The van der Waals surface area contributed by atoms with Crippen molar-refractivity contribution in [1.29, 1.82) is 0 Å². The van der Waals surface area contributed by atoms with Crippen molar-refractivity contribution in [2.24, 2.45) is 0 Å². The highest BCUT2D eigenvalue weighted by atomic mass is 16.7. The molecule has 0 spiro atoms. The number of hydrogen-bond acceptors (Lipinski definition) is 5. The third kappa shape index (κ3) is 4.13. The van der Waals surface area contributed by atoms with Crippen LogP contribution in [-0.2, 0) is 20.8 Å². The van der Waals surface area contributed by atoms with Gasteiger partial charge in [0.05, 0.1) is 32.4 Å². The second-order valence-corrected chi connectivity index (χ2v) is 5.58. The molecule has 1 atom stereocenters. The number of esters is 1. The molecule has 5 heteroatoms. The van der Waals surface area contributed by atoms with Crippen molar-refractivity contribution < 1.29 is 19.0 Å². The fourth-order valence-corrected chi connectivity index (χ4v) is 2.66. The number of anilines is 1. The summed E-state index contributed by atoms with van der Waals surface area (Å²) >= 11 is 0. The van der Waals surface area contributed by atoms with E-state index in [1.54, 1.807) is 6.07 Å². The molecule has 1 saturated heterocycles. The van der Waals surface area contributed by atoms with Gasteiger partial charge < -0.3 is 19.1 Å². The van der Waals surface area contributed by atoms with Gasteiger partial charge in [-0.25, -0.2) is 4.79 Å². The molecule has 5 nitrogen and oxygen atoms in total. The molecule has 126 valence electrons. The summed E-state index contributed by atoms with van der Waals surface area (Å²) < 4.78 is 16.3. The van der Waals surface area contributed by atoms with Crippen molar-refractivity contribution in [3.05, 3.63) is 65.7 Å². The molecule has 0 radical (unpaired) electrons. The van der Waals surface area contributed by atoms with Crippen molar-refractivity contribution in [3.63, 3.8) is 0 Å². The summed E-state index contributed by atoms with van der Waals surface area (Å²) in [6, 6.07) is 17.4. The minimum atomic E-state index is -0.331. The molecule has 1 heterocycles. The summed E-state index contributed by atoms with van der Waals surface area (Å²) in [4.78, 5) is 13.8. The fourth-order valence-electron chi connectivity index (χ4n) is 2.66. The number of rotatable bonds is 5. The van der Waals surface area contributed by atoms with Gasteiger partial charge in [-0.1, -0.05) is 36.4 Å². The average Bonchev–Trinajstić information content (AvgIpc) is 2.67. The van der Waals surface area contributed by atoms with Crippen molar-refractivity contribution in [1.82, 2.24) is 0 Å². The van der Waals surface area contributed by atoms with Crippen LogP contribution in [0.5, 0.6) is 0 Å². The molecule has 24 heavy (non-hydrogen) atoms. The molecule has 1 aliphatic heterocycles. The molecule has 0 saturated carbocycles. The zero-order valence-electron chi connectivity index (χ0n) is 13.7. The second kappa shape index (κ2) is 7.95. The van der Waals surface area contributed by atoms with Crippen LogP contribution in [0, 0.1) is 0 Å². The highest BCUT2D eigenvalue weighted by molar-refractivity contribution is 5.90. The molecule has 0 aliphatic carbocycles. The van der Waals surface area contributed by atoms with Crippen LogP contribution in [-0.4, -0.2) is 39.1 Å². The van der Waals surface area contributed by atoms with Gasteiger partial charge in [-0.05, 0) is 23.8 Å². The van der Waals surface area contributed by atoms with Gasteiger partial charge in [0.25, 0.3) is 0 Å². The molecule has 2 aromatic rings. The van der Waals surface area contributed by atoms with Crippen LogP contribution in [0.2, 0.25) is 0 Å². The van der Waals surface area contributed by atoms with Gasteiger partial charge in [0.2, 0.25) is 0 Å². The average molecular weight is 327 g/mol. The van der Waals surface area contributed by atoms with E-state index in [0.717, 1.165) is 17.8 Å². The summed E-state index contributed by atoms with van der Waals surface area (Å²) in [6.45, 7) is 2.48. The van der Waals surface area contributed by atoms with E-state index in [2.05, 4.69) is 4.90 Å². The Labute approximate surface area is 141 Å². The van der Waals surface area contributed by atoms with Gasteiger partial charge >= 0.3 is 5.97 Å². The van der Waals surface area contributed by atoms with Gasteiger partial charge in [-0.15, -0.1) is 0 Å². The third-order valence-corrected chi connectivity index (χ3v) is 3.95. The molecule has 0 aromatic heterocycles. The zero-order valence-corrected chi connectivity index (χ0v) is 13.7. The van der Waals surface area contributed by atoms with Gasteiger partial charge in [0, 0.05) is 12.2 Å². The molecular formula is C19H21NO4. The summed E-state index contributed by atoms with van der Waals surface area (Å²) in [7, 11) is 1.39. The smallest absolute Gasteiger partial charge is 0.337 e. The number of ether oxygens (including phenoxy) is 3. The molecule has 0 N–H and O–H groups in total. The summed E-state index contributed by atoms with van der Waals surface area (Å²) in [5.41, 5.74) is 2.63. The van der Waals surface area contributed by atoms with Crippen LogP contribution in [0.3, 0.4) is 0 Å². The normalized spacial score (nSPS) is 17.5. The van der Waals surface area contributed by atoms with E-state index in [0.29, 0.717) is 25.3 Å². The standard InChI is InChI=1S/C19H21NO4/c1-22-19(21)16-8-5-9-17(12-16)20-10-11-23-18(13-20)24-14-15-6-3-2-4-7-15/h2-9,12,18H,10-11,13-14H2,1H3. The molecule has 1 fully saturated rings. The van der Waals surface area contributed by atoms with Crippen molar-refractivity contribution in [3.8, 4) is 0 Å². The van der Waals surface area contributed by atoms with Crippen LogP contribution in [0.15, 0.2) is 54.6 Å². The molecule has 0 bridgehead atoms. The SMILES string of the molecule is COC(=O)c1cccc(N2CCOC(OCc3ccccc3)C2)c1. The molecule has 1 aliphatic rings. The van der Waals surface area contributed by atoms with Crippen LogP contribution in [0.1, 0.15) is 15.9 Å². The van der Waals surface area contributed by atoms with Gasteiger partial charge in [0.15, 0.2) is 6.29 Å². The quantitative estimate of drug-likeness (QED) is 0.790. The predicted molar refractivity (Wildman–Crippen MR) is 91.0 cm³/mol. The van der Waals surface area contributed by atoms with Gasteiger partial charge in [-0.3, -0.25) is 0 Å². The highest BCUT2D eigenvalue weighted by Crippen LogP contribution is 2.20. The lowest BCUT2D eigenvalue weighted by Crippen LogP contribution is -2.43. The van der Waals surface area contributed by atoms with Crippen molar-refractivity contribution >= 4 is 11.7 Å². The maximum atomic E-state index is 11.7. The molecular weight excluding hydrogens is 306 g/mol. The highest BCUT2D eigenvalue weighted by Gasteiger charge is 2.22. The number of hydrogen-bond donors (Lipinski definition) is 0. The van der Waals surface area contributed by atoms with E-state index in [9.17, 15) is 4.79 Å². The maximum absolute atomic E-state index is 11.7. The van der Waals surface area contributed by atoms with E-state index in [1.165, 1.54) is 7.11 Å². The van der Waals surface area contributed by atoms with Gasteiger partial charge in [0.1, 0.15) is 0 Å². The summed E-state index contributed by atoms with van der Waals surface area (Å²) in [5, 5.41) is 0. The Hall–Kier alpha value is -2.37. The maximum Gasteiger partial charge on any atom is 0.337 e. The molecule has 1 unspecified atom stereocenters. The van der Waals surface area contributed by atoms with E-state index in [4.69, 9.17) is 14.2 Å². The first-order valence-electron chi connectivity index (χ1n) is 7.97. The Morgan fingerprint density at radius 2 is 2.04 bits per heavy atom. The van der Waals surface area contributed by atoms with Crippen LogP contribution in [0.4, 0.5) is 5.69 Å². The number of carbonyl (C=O) groups excluding carboxylic acids is 1. The lowest BCUT2D eigenvalue weighted by Gasteiger charge is -2.34. The Morgan fingerprint density at radius 3 is 2.83 bits per heavy atom. The number of nitrogens with zero attached hydrogens (tertiary/aromatic N) is 1. The van der Waals surface area contributed by atoms with Crippen LogP contribution in [0.25, 0.3) is 0 Å². The zero-order chi connectivity index (χ0) is 16.8. The second-order valence-electron chi connectivity index (χ2n) is 5.58. The Morgan fingerprint density at radius 1 is 1.21 bits per heavy atom. The van der Waals surface area contributed by atoms with Crippen molar-refractivity contribution in [2.45, 2.75) is 12.9 Å². The topological polar surface area (TPSA) is 48.0 Å². The minimum absolute atomic E-state index is 0.291. The molecule has 3 rings (SSSR count). The first-order valence-corrected chi connectivity index (χ1v) is 7.97. The van der Waals surface area contributed by atoms with Gasteiger partial charge in [-0.2, -0.15) is 0 Å². The Kier molecular flexibility index (Phi) is 5.46. The Bertz CT molecular complexity index is 674. The van der Waals surface area contributed by atoms with E-state index in [-0.39, 0.29) is 12.3 Å². The fraction of sp³-hybridized carbons (Fsp3) is 0.316. The minimum Gasteiger partial charge on any atom is -0.465 e. The predicted octanol–water partition coefficient (Wildman–Crippen LogP) is 2.85. The number of benzene rings is 2. The van der Waals surface area contributed by atoms with E-state index < -0.39 is 0 Å². The molecule has 0 amide bonds. The summed E-state index contributed by atoms with van der Waals surface area (Å²) in [6.07, 6.45) is -0.291.